The van der Waals surface area contributed by atoms with Crippen molar-refractivity contribution >= 4 is 23.2 Å². The summed E-state index contributed by atoms with van der Waals surface area (Å²) < 4.78 is 5.19. The van der Waals surface area contributed by atoms with Gasteiger partial charge in [-0.2, -0.15) is 0 Å². The summed E-state index contributed by atoms with van der Waals surface area (Å²) >= 11 is 0. The highest BCUT2D eigenvalue weighted by molar-refractivity contribution is 6.34. The van der Waals surface area contributed by atoms with Gasteiger partial charge in [-0.3, -0.25) is 4.79 Å². The van der Waals surface area contributed by atoms with Gasteiger partial charge in [-0.1, -0.05) is 0 Å². The van der Waals surface area contributed by atoms with Crippen LogP contribution in [0.3, 0.4) is 0 Å². The summed E-state index contributed by atoms with van der Waals surface area (Å²) in [5.74, 6) is 1.26. The summed E-state index contributed by atoms with van der Waals surface area (Å²) in [4.78, 5) is 19.3. The third-order valence-corrected chi connectivity index (χ3v) is 3.01. The van der Waals surface area contributed by atoms with E-state index in [2.05, 4.69) is 15.3 Å². The predicted molar refractivity (Wildman–Crippen MR) is 72.8 cm³/mol. The van der Waals surface area contributed by atoms with E-state index in [0.29, 0.717) is 11.4 Å². The van der Waals surface area contributed by atoms with Crippen molar-refractivity contribution in [2.75, 3.05) is 12.4 Å². The maximum Gasteiger partial charge on any atom is 0.256 e. The normalized spacial score (nSPS) is 15.5. The zero-order chi connectivity index (χ0) is 13.4. The van der Waals surface area contributed by atoms with E-state index in [9.17, 15) is 4.79 Å². The number of nitrogens with zero attached hydrogens (tertiary/aromatic N) is 1. The maximum absolute atomic E-state index is 12.0. The van der Waals surface area contributed by atoms with Crippen LogP contribution in [-0.4, -0.2) is 23.0 Å². The van der Waals surface area contributed by atoms with Crippen molar-refractivity contribution < 1.29 is 9.53 Å². The number of amides is 1. The summed E-state index contributed by atoms with van der Waals surface area (Å²) in [6.45, 7) is 1.92. The number of aryl methyl sites for hydroxylation is 1. The molecule has 19 heavy (non-hydrogen) atoms. The van der Waals surface area contributed by atoms with Gasteiger partial charge in [0.05, 0.1) is 12.7 Å². The van der Waals surface area contributed by atoms with Gasteiger partial charge in [0.2, 0.25) is 0 Å². The Labute approximate surface area is 110 Å². The third kappa shape index (κ3) is 1.99. The van der Waals surface area contributed by atoms with E-state index in [-0.39, 0.29) is 5.91 Å². The van der Waals surface area contributed by atoms with Gasteiger partial charge in [0.25, 0.3) is 5.91 Å². The van der Waals surface area contributed by atoms with Crippen LogP contribution in [0.15, 0.2) is 24.4 Å². The van der Waals surface area contributed by atoms with Crippen molar-refractivity contribution in [1.82, 2.24) is 9.97 Å². The van der Waals surface area contributed by atoms with Crippen LogP contribution < -0.4 is 10.1 Å². The average molecular weight is 255 g/mol. The molecule has 0 spiro atoms. The van der Waals surface area contributed by atoms with Gasteiger partial charge in [-0.25, -0.2) is 4.98 Å². The van der Waals surface area contributed by atoms with E-state index in [4.69, 9.17) is 4.74 Å². The van der Waals surface area contributed by atoms with E-state index < -0.39 is 0 Å². The standard InChI is InChI=1S/C14H13N3O2/c1-8-7-15-13(16-8)6-11-10-5-9(19-2)3-4-12(10)17-14(11)18/h3-7H,1-2H3,(H,15,16)(H,17,18). The van der Waals surface area contributed by atoms with Crippen LogP contribution in [0.1, 0.15) is 17.1 Å². The molecule has 1 aromatic heterocycles. The third-order valence-electron chi connectivity index (χ3n) is 3.01. The Bertz CT molecular complexity index is 686. The van der Waals surface area contributed by atoms with Gasteiger partial charge < -0.3 is 15.0 Å². The molecule has 1 aromatic carbocycles. The van der Waals surface area contributed by atoms with Crippen LogP contribution in [0.25, 0.3) is 11.6 Å². The molecule has 0 radical (unpaired) electrons. The minimum Gasteiger partial charge on any atom is -0.497 e. The number of ether oxygens (including phenoxy) is 1. The summed E-state index contributed by atoms with van der Waals surface area (Å²) in [5.41, 5.74) is 3.16. The number of aromatic nitrogens is 2. The second-order valence-electron chi connectivity index (χ2n) is 4.38. The Morgan fingerprint density at radius 1 is 1.37 bits per heavy atom. The van der Waals surface area contributed by atoms with Crippen molar-refractivity contribution in [3.63, 3.8) is 0 Å². The molecule has 0 saturated heterocycles. The zero-order valence-corrected chi connectivity index (χ0v) is 10.7. The molecule has 5 heteroatoms. The molecule has 1 aliphatic heterocycles. The molecule has 3 rings (SSSR count). The van der Waals surface area contributed by atoms with Gasteiger partial charge in [-0.15, -0.1) is 0 Å². The van der Waals surface area contributed by atoms with Gasteiger partial charge in [-0.05, 0) is 31.2 Å². The number of methoxy groups -OCH3 is 1. The fourth-order valence-electron chi connectivity index (χ4n) is 2.08. The van der Waals surface area contributed by atoms with Crippen molar-refractivity contribution in [1.29, 1.82) is 0 Å². The Balaban J connectivity index is 2.08. The number of fused-ring (bicyclic) bond motifs is 1. The second-order valence-corrected chi connectivity index (χ2v) is 4.38. The Kier molecular flexibility index (Phi) is 2.59. The lowest BCUT2D eigenvalue weighted by atomic mass is 10.1. The van der Waals surface area contributed by atoms with Gasteiger partial charge in [0.15, 0.2) is 0 Å². The molecule has 0 atom stereocenters. The first kappa shape index (κ1) is 11.5. The lowest BCUT2D eigenvalue weighted by Gasteiger charge is -2.02. The molecule has 0 unspecified atom stereocenters. The van der Waals surface area contributed by atoms with Crippen LogP contribution >= 0.6 is 0 Å². The lowest BCUT2D eigenvalue weighted by Crippen LogP contribution is -2.03. The number of nitrogens with one attached hydrogen (secondary N) is 2. The Hall–Kier alpha value is -2.56. The van der Waals surface area contributed by atoms with E-state index >= 15 is 0 Å². The Morgan fingerprint density at radius 3 is 2.89 bits per heavy atom. The number of rotatable bonds is 2. The minimum atomic E-state index is -0.127. The summed E-state index contributed by atoms with van der Waals surface area (Å²) in [7, 11) is 1.60. The van der Waals surface area contributed by atoms with Crippen molar-refractivity contribution in [2.24, 2.45) is 0 Å². The highest BCUT2D eigenvalue weighted by atomic mass is 16.5. The van der Waals surface area contributed by atoms with Gasteiger partial charge in [0, 0.05) is 23.1 Å². The first-order valence-electron chi connectivity index (χ1n) is 5.90. The number of anilines is 1. The number of carbonyl (C=O) groups is 1. The first-order chi connectivity index (χ1) is 9.17. The highest BCUT2D eigenvalue weighted by Gasteiger charge is 2.24. The second kappa shape index (κ2) is 4.28. The van der Waals surface area contributed by atoms with Crippen LogP contribution in [0, 0.1) is 6.92 Å². The van der Waals surface area contributed by atoms with Crippen LogP contribution in [-0.2, 0) is 4.79 Å². The largest absolute Gasteiger partial charge is 0.497 e. The van der Waals surface area contributed by atoms with E-state index in [1.54, 1.807) is 19.4 Å². The highest BCUT2D eigenvalue weighted by Crippen LogP contribution is 2.35. The van der Waals surface area contributed by atoms with Crippen LogP contribution in [0.2, 0.25) is 0 Å². The molecule has 1 amide bonds. The van der Waals surface area contributed by atoms with Crippen molar-refractivity contribution in [3.05, 3.63) is 41.5 Å². The van der Waals surface area contributed by atoms with Crippen LogP contribution in [0.5, 0.6) is 5.75 Å². The fourth-order valence-corrected chi connectivity index (χ4v) is 2.08. The van der Waals surface area contributed by atoms with E-state index in [0.717, 1.165) is 22.7 Å². The first-order valence-corrected chi connectivity index (χ1v) is 5.90. The molecule has 2 aromatic rings. The molecule has 96 valence electrons. The number of hydrogen-bond acceptors (Lipinski definition) is 3. The average Bonchev–Trinajstić information content (AvgIpc) is 2.94. The van der Waals surface area contributed by atoms with Gasteiger partial charge >= 0.3 is 0 Å². The van der Waals surface area contributed by atoms with Crippen molar-refractivity contribution in [3.8, 4) is 5.75 Å². The minimum absolute atomic E-state index is 0.127. The zero-order valence-electron chi connectivity index (χ0n) is 10.7. The molecule has 0 aliphatic carbocycles. The molecule has 0 bridgehead atoms. The molecule has 1 aliphatic rings. The molecule has 2 N–H and O–H groups in total. The molecule has 5 nitrogen and oxygen atoms in total. The number of H-pyrrole nitrogens is 1. The molecular formula is C14H13N3O2. The quantitative estimate of drug-likeness (QED) is 0.808. The van der Waals surface area contributed by atoms with Crippen molar-refractivity contribution in [2.45, 2.75) is 6.92 Å². The SMILES string of the molecule is COc1ccc2c(c1)C(=Cc1ncc(C)[nH]1)C(=O)N2. The summed E-state index contributed by atoms with van der Waals surface area (Å²) in [6, 6.07) is 5.49. The molecular weight excluding hydrogens is 242 g/mol. The number of benzene rings is 1. The maximum atomic E-state index is 12.0. The van der Waals surface area contributed by atoms with E-state index in [1.165, 1.54) is 0 Å². The van der Waals surface area contributed by atoms with Crippen LogP contribution in [0.4, 0.5) is 5.69 Å². The van der Waals surface area contributed by atoms with E-state index in [1.807, 2.05) is 25.1 Å². The fraction of sp³-hybridized carbons (Fsp3) is 0.143. The smallest absolute Gasteiger partial charge is 0.256 e. The number of imidazole rings is 1. The summed E-state index contributed by atoms with van der Waals surface area (Å²) in [5, 5.41) is 2.82. The number of hydrogen-bond donors (Lipinski definition) is 2. The number of aromatic amines is 1. The molecule has 0 fully saturated rings. The molecule has 0 saturated carbocycles. The lowest BCUT2D eigenvalue weighted by molar-refractivity contribution is -0.110. The van der Waals surface area contributed by atoms with Gasteiger partial charge in [0.1, 0.15) is 11.6 Å². The monoisotopic (exact) mass is 255 g/mol. The summed E-state index contributed by atoms with van der Waals surface area (Å²) in [6.07, 6.45) is 3.47. The predicted octanol–water partition coefficient (Wildman–Crippen LogP) is 2.22. The molecule has 2 heterocycles. The topological polar surface area (TPSA) is 67.0 Å². The Morgan fingerprint density at radius 2 is 2.21 bits per heavy atom. The number of carbonyl (C=O) groups excluding carboxylic acids is 1.